The van der Waals surface area contributed by atoms with Crippen LogP contribution in [0.25, 0.3) is 0 Å². The topological polar surface area (TPSA) is 54.9 Å². The Kier molecular flexibility index (Phi) is 14.2. The summed E-state index contributed by atoms with van der Waals surface area (Å²) >= 11 is 0. The van der Waals surface area contributed by atoms with Crippen molar-refractivity contribution in [3.63, 3.8) is 0 Å². The van der Waals surface area contributed by atoms with Gasteiger partial charge in [0, 0.05) is 39.8 Å². The summed E-state index contributed by atoms with van der Waals surface area (Å²) in [7, 11) is 1.71. The van der Waals surface area contributed by atoms with Gasteiger partial charge in [0.15, 0.2) is 5.96 Å². The zero-order valence-electron chi connectivity index (χ0n) is 13.5. The zero-order valence-corrected chi connectivity index (χ0v) is 15.8. The molecule has 6 heteroatoms. The first-order chi connectivity index (χ1) is 10.4. The summed E-state index contributed by atoms with van der Waals surface area (Å²) < 4.78 is 10.7. The van der Waals surface area contributed by atoms with Gasteiger partial charge in [-0.1, -0.05) is 18.2 Å². The Hall–Kier alpha value is -1.02. The number of para-hydroxylation sites is 1. The fourth-order valence-corrected chi connectivity index (χ4v) is 1.73. The van der Waals surface area contributed by atoms with Crippen LogP contribution in [-0.4, -0.2) is 45.9 Å². The lowest BCUT2D eigenvalue weighted by Gasteiger charge is -2.11. The molecule has 1 aromatic rings. The van der Waals surface area contributed by atoms with Crippen molar-refractivity contribution in [1.29, 1.82) is 0 Å². The Balaban J connectivity index is 0.00000441. The number of benzene rings is 1. The predicted molar refractivity (Wildman–Crippen MR) is 102 cm³/mol. The van der Waals surface area contributed by atoms with Gasteiger partial charge in [-0.25, -0.2) is 0 Å². The van der Waals surface area contributed by atoms with Crippen molar-refractivity contribution >= 4 is 29.9 Å². The minimum atomic E-state index is 0. The first-order valence-corrected chi connectivity index (χ1v) is 7.55. The number of hydrogen-bond acceptors (Lipinski definition) is 3. The maximum absolute atomic E-state index is 5.63. The van der Waals surface area contributed by atoms with E-state index in [-0.39, 0.29) is 24.0 Å². The van der Waals surface area contributed by atoms with E-state index in [9.17, 15) is 0 Å². The summed E-state index contributed by atoms with van der Waals surface area (Å²) in [6.07, 6.45) is 1.86. The van der Waals surface area contributed by atoms with Gasteiger partial charge in [-0.2, -0.15) is 0 Å². The third kappa shape index (κ3) is 10.7. The quantitative estimate of drug-likeness (QED) is 0.264. The summed E-state index contributed by atoms with van der Waals surface area (Å²) in [6.45, 7) is 5.96. The number of ether oxygens (including phenoxy) is 2. The van der Waals surface area contributed by atoms with E-state index in [0.717, 1.165) is 50.8 Å². The molecule has 0 unspecified atom stereocenters. The van der Waals surface area contributed by atoms with Gasteiger partial charge in [-0.15, -0.1) is 24.0 Å². The standard InChI is InChI=1S/C16H27N3O2.HI/c1-3-17-16(18-11-7-13-20-2)19-12-8-14-21-15-9-5-4-6-10-15;/h4-6,9-10H,3,7-8,11-14H2,1-2H3,(H2,17,18,19);1H. The summed E-state index contributed by atoms with van der Waals surface area (Å²) in [5, 5.41) is 6.51. The van der Waals surface area contributed by atoms with Gasteiger partial charge >= 0.3 is 0 Å². The van der Waals surface area contributed by atoms with Crippen LogP contribution in [0.4, 0.5) is 0 Å². The van der Waals surface area contributed by atoms with E-state index in [0.29, 0.717) is 6.61 Å². The van der Waals surface area contributed by atoms with E-state index < -0.39 is 0 Å². The second-order valence-corrected chi connectivity index (χ2v) is 4.55. The zero-order chi connectivity index (χ0) is 15.2. The molecule has 126 valence electrons. The average molecular weight is 421 g/mol. The Labute approximate surface area is 150 Å². The van der Waals surface area contributed by atoms with Crippen molar-refractivity contribution in [3.8, 4) is 5.75 Å². The van der Waals surface area contributed by atoms with E-state index >= 15 is 0 Å². The maximum atomic E-state index is 5.63. The molecule has 0 saturated carbocycles. The second kappa shape index (κ2) is 14.9. The van der Waals surface area contributed by atoms with Crippen molar-refractivity contribution in [2.45, 2.75) is 19.8 Å². The molecule has 2 N–H and O–H groups in total. The lowest BCUT2D eigenvalue weighted by atomic mass is 10.3. The van der Waals surface area contributed by atoms with Gasteiger partial charge < -0.3 is 20.1 Å². The third-order valence-electron chi connectivity index (χ3n) is 2.75. The maximum Gasteiger partial charge on any atom is 0.191 e. The van der Waals surface area contributed by atoms with Crippen molar-refractivity contribution in [2.24, 2.45) is 4.99 Å². The molecule has 0 amide bonds. The minimum absolute atomic E-state index is 0. The predicted octanol–water partition coefficient (Wildman–Crippen LogP) is 2.67. The van der Waals surface area contributed by atoms with Crippen LogP contribution in [0.15, 0.2) is 35.3 Å². The van der Waals surface area contributed by atoms with Crippen LogP contribution in [0.3, 0.4) is 0 Å². The molecule has 0 aliphatic heterocycles. The van der Waals surface area contributed by atoms with Crippen LogP contribution < -0.4 is 15.4 Å². The van der Waals surface area contributed by atoms with Gasteiger partial charge in [0.25, 0.3) is 0 Å². The Morgan fingerprint density at radius 2 is 1.86 bits per heavy atom. The van der Waals surface area contributed by atoms with E-state index in [4.69, 9.17) is 9.47 Å². The summed E-state index contributed by atoms with van der Waals surface area (Å²) in [6, 6.07) is 9.85. The Morgan fingerprint density at radius 3 is 2.55 bits per heavy atom. The molecule has 0 aliphatic carbocycles. The van der Waals surface area contributed by atoms with Crippen molar-refractivity contribution in [1.82, 2.24) is 10.6 Å². The lowest BCUT2D eigenvalue weighted by Crippen LogP contribution is -2.38. The summed E-state index contributed by atoms with van der Waals surface area (Å²) in [5.41, 5.74) is 0. The molecule has 0 atom stereocenters. The lowest BCUT2D eigenvalue weighted by molar-refractivity contribution is 0.195. The molecule has 0 aromatic heterocycles. The second-order valence-electron chi connectivity index (χ2n) is 4.55. The molecule has 0 fully saturated rings. The number of methoxy groups -OCH3 is 1. The van der Waals surface area contributed by atoms with Crippen LogP contribution >= 0.6 is 24.0 Å². The summed E-state index contributed by atoms with van der Waals surface area (Å²) in [4.78, 5) is 4.52. The molecule has 1 rings (SSSR count). The van der Waals surface area contributed by atoms with Gasteiger partial charge in [-0.05, 0) is 25.5 Å². The van der Waals surface area contributed by atoms with Crippen LogP contribution in [0, 0.1) is 0 Å². The molecule has 5 nitrogen and oxygen atoms in total. The third-order valence-corrected chi connectivity index (χ3v) is 2.75. The molecule has 0 bridgehead atoms. The normalized spacial score (nSPS) is 10.7. The first-order valence-electron chi connectivity index (χ1n) is 7.55. The van der Waals surface area contributed by atoms with Crippen molar-refractivity contribution in [2.75, 3.05) is 40.0 Å². The number of nitrogens with one attached hydrogen (secondary N) is 2. The molecule has 0 heterocycles. The molecule has 1 aromatic carbocycles. The Morgan fingerprint density at radius 1 is 1.09 bits per heavy atom. The number of guanidine groups is 1. The molecule has 22 heavy (non-hydrogen) atoms. The number of hydrogen-bond donors (Lipinski definition) is 2. The molecule has 0 aliphatic rings. The van der Waals surface area contributed by atoms with E-state index in [1.54, 1.807) is 7.11 Å². The van der Waals surface area contributed by atoms with E-state index in [2.05, 4.69) is 22.5 Å². The fraction of sp³-hybridized carbons (Fsp3) is 0.562. The van der Waals surface area contributed by atoms with Gasteiger partial charge in [0.1, 0.15) is 5.75 Å². The van der Waals surface area contributed by atoms with Gasteiger partial charge in [0.2, 0.25) is 0 Å². The van der Waals surface area contributed by atoms with Gasteiger partial charge in [-0.3, -0.25) is 4.99 Å². The first kappa shape index (κ1) is 21.0. The number of rotatable bonds is 10. The van der Waals surface area contributed by atoms with Crippen molar-refractivity contribution < 1.29 is 9.47 Å². The van der Waals surface area contributed by atoms with Crippen molar-refractivity contribution in [3.05, 3.63) is 30.3 Å². The van der Waals surface area contributed by atoms with Crippen LogP contribution in [0.5, 0.6) is 5.75 Å². The highest BCUT2D eigenvalue weighted by molar-refractivity contribution is 14.0. The van der Waals surface area contributed by atoms with E-state index in [1.165, 1.54) is 0 Å². The minimum Gasteiger partial charge on any atom is -0.494 e. The van der Waals surface area contributed by atoms with Crippen LogP contribution in [0.2, 0.25) is 0 Å². The highest BCUT2D eigenvalue weighted by Crippen LogP contribution is 2.08. The molecule has 0 saturated heterocycles. The molecule has 0 radical (unpaired) electrons. The fourth-order valence-electron chi connectivity index (χ4n) is 1.73. The van der Waals surface area contributed by atoms with Crippen LogP contribution in [0.1, 0.15) is 19.8 Å². The number of aliphatic imine (C=N–C) groups is 1. The highest BCUT2D eigenvalue weighted by atomic mass is 127. The number of halogens is 1. The molecular weight excluding hydrogens is 393 g/mol. The Bertz CT molecular complexity index is 388. The van der Waals surface area contributed by atoms with E-state index in [1.807, 2.05) is 30.3 Å². The number of nitrogens with zero attached hydrogens (tertiary/aromatic N) is 1. The average Bonchev–Trinajstić information content (AvgIpc) is 2.52. The molecule has 0 spiro atoms. The monoisotopic (exact) mass is 421 g/mol. The summed E-state index contributed by atoms with van der Waals surface area (Å²) in [5.74, 6) is 1.76. The largest absolute Gasteiger partial charge is 0.494 e. The smallest absolute Gasteiger partial charge is 0.191 e. The highest BCUT2D eigenvalue weighted by Gasteiger charge is 1.96. The SMILES string of the molecule is CCNC(=NCCCOc1ccccc1)NCCCOC.I. The van der Waals surface area contributed by atoms with Gasteiger partial charge in [0.05, 0.1) is 6.61 Å². The van der Waals surface area contributed by atoms with Crippen LogP contribution in [-0.2, 0) is 4.74 Å². The molecular formula is C16H28IN3O2.